The second-order valence-corrected chi connectivity index (χ2v) is 6.75. The van der Waals surface area contributed by atoms with E-state index in [2.05, 4.69) is 10.3 Å². The molecule has 0 aliphatic heterocycles. The number of hydrogen-bond donors (Lipinski definition) is 1. The molecule has 0 fully saturated rings. The molecular formula is C23H19F2N3O. The summed E-state index contributed by atoms with van der Waals surface area (Å²) in [6, 6.07) is 20.1. The predicted molar refractivity (Wildman–Crippen MR) is 109 cm³/mol. The van der Waals surface area contributed by atoms with Crippen LogP contribution < -0.4 is 5.32 Å². The molecular weight excluding hydrogens is 372 g/mol. The molecule has 0 aliphatic carbocycles. The lowest BCUT2D eigenvalue weighted by atomic mass is 10.1. The Kier molecular flexibility index (Phi) is 5.33. The molecule has 0 atom stereocenters. The van der Waals surface area contributed by atoms with Crippen molar-refractivity contribution in [2.75, 3.05) is 5.32 Å². The van der Waals surface area contributed by atoms with Gasteiger partial charge in [-0.25, -0.2) is 13.8 Å². The summed E-state index contributed by atoms with van der Waals surface area (Å²) in [6.45, 7) is 0.400. The minimum atomic E-state index is -0.467. The van der Waals surface area contributed by atoms with Crippen LogP contribution in [0.25, 0.3) is 11.0 Å². The number of para-hydroxylation sites is 3. The zero-order chi connectivity index (χ0) is 20.2. The molecule has 0 saturated carbocycles. The largest absolute Gasteiger partial charge is 0.327 e. The highest BCUT2D eigenvalue weighted by atomic mass is 19.1. The van der Waals surface area contributed by atoms with Gasteiger partial charge in [-0.05, 0) is 42.0 Å². The number of aromatic nitrogens is 2. The summed E-state index contributed by atoms with van der Waals surface area (Å²) in [6.07, 6.45) is 0.689. The maximum atomic E-state index is 13.8. The lowest BCUT2D eigenvalue weighted by Crippen LogP contribution is -2.16. The van der Waals surface area contributed by atoms with Crippen LogP contribution in [0.4, 0.5) is 14.5 Å². The zero-order valence-electron chi connectivity index (χ0n) is 15.6. The Morgan fingerprint density at radius 1 is 0.931 bits per heavy atom. The number of fused-ring (bicyclic) bond motifs is 1. The van der Waals surface area contributed by atoms with Crippen LogP contribution in [0.15, 0.2) is 72.8 Å². The monoisotopic (exact) mass is 391 g/mol. The summed E-state index contributed by atoms with van der Waals surface area (Å²) < 4.78 is 28.9. The van der Waals surface area contributed by atoms with E-state index in [1.807, 2.05) is 28.8 Å². The quantitative estimate of drug-likeness (QED) is 0.506. The van der Waals surface area contributed by atoms with Crippen LogP contribution in [0.5, 0.6) is 0 Å². The van der Waals surface area contributed by atoms with E-state index in [0.717, 1.165) is 22.4 Å². The van der Waals surface area contributed by atoms with E-state index >= 15 is 0 Å². The Bertz CT molecular complexity index is 1150. The van der Waals surface area contributed by atoms with Crippen molar-refractivity contribution in [3.63, 3.8) is 0 Å². The second kappa shape index (κ2) is 8.22. The van der Waals surface area contributed by atoms with Gasteiger partial charge in [-0.2, -0.15) is 0 Å². The van der Waals surface area contributed by atoms with Crippen molar-refractivity contribution >= 4 is 22.6 Å². The number of carbonyl (C=O) groups is 1. The third-order valence-corrected chi connectivity index (χ3v) is 4.72. The van der Waals surface area contributed by atoms with Crippen LogP contribution in [0.3, 0.4) is 0 Å². The Labute approximate surface area is 166 Å². The summed E-state index contributed by atoms with van der Waals surface area (Å²) >= 11 is 0. The zero-order valence-corrected chi connectivity index (χ0v) is 15.6. The molecule has 0 saturated heterocycles. The highest BCUT2D eigenvalue weighted by Gasteiger charge is 2.13. The van der Waals surface area contributed by atoms with E-state index in [9.17, 15) is 13.6 Å². The number of hydrogen-bond acceptors (Lipinski definition) is 2. The van der Waals surface area contributed by atoms with E-state index < -0.39 is 5.82 Å². The number of amides is 1. The van der Waals surface area contributed by atoms with Gasteiger partial charge in [-0.3, -0.25) is 4.79 Å². The van der Waals surface area contributed by atoms with Gasteiger partial charge >= 0.3 is 0 Å². The van der Waals surface area contributed by atoms with Crippen LogP contribution in [-0.2, 0) is 17.8 Å². The molecule has 6 heteroatoms. The first-order chi connectivity index (χ1) is 14.1. The number of nitrogens with zero attached hydrogens (tertiary/aromatic N) is 2. The van der Waals surface area contributed by atoms with Crippen LogP contribution in [0.1, 0.15) is 17.8 Å². The number of imidazole rings is 1. The third-order valence-electron chi connectivity index (χ3n) is 4.72. The SMILES string of the molecule is O=C(CCn1c(Cc2ccc(F)cc2)nc2ccccc21)Nc1ccccc1F. The van der Waals surface area contributed by atoms with Crippen molar-refractivity contribution in [3.8, 4) is 0 Å². The molecule has 1 amide bonds. The Morgan fingerprint density at radius 2 is 1.66 bits per heavy atom. The minimum Gasteiger partial charge on any atom is -0.327 e. The molecule has 4 nitrogen and oxygen atoms in total. The van der Waals surface area contributed by atoms with E-state index in [-0.39, 0.29) is 23.8 Å². The number of halogens is 2. The molecule has 3 aromatic carbocycles. The Hall–Kier alpha value is -3.54. The number of benzene rings is 3. The molecule has 0 bridgehead atoms. The molecule has 4 rings (SSSR count). The molecule has 0 unspecified atom stereocenters. The van der Waals surface area contributed by atoms with Gasteiger partial charge in [0.1, 0.15) is 17.5 Å². The summed E-state index contributed by atoms with van der Waals surface area (Å²) in [5, 5.41) is 2.61. The van der Waals surface area contributed by atoms with Gasteiger partial charge in [0.25, 0.3) is 0 Å². The van der Waals surface area contributed by atoms with Gasteiger partial charge < -0.3 is 9.88 Å². The normalized spacial score (nSPS) is 11.0. The third kappa shape index (κ3) is 4.32. The molecule has 0 aliphatic rings. The van der Waals surface area contributed by atoms with Crippen molar-refractivity contribution in [1.82, 2.24) is 9.55 Å². The molecule has 0 radical (unpaired) electrons. The first-order valence-corrected chi connectivity index (χ1v) is 9.33. The Morgan fingerprint density at radius 3 is 2.45 bits per heavy atom. The fourth-order valence-electron chi connectivity index (χ4n) is 3.28. The molecule has 0 spiro atoms. The summed E-state index contributed by atoms with van der Waals surface area (Å²) in [5.74, 6) is -0.241. The molecule has 1 aromatic heterocycles. The second-order valence-electron chi connectivity index (χ2n) is 6.75. The minimum absolute atomic E-state index is 0.166. The van der Waals surface area contributed by atoms with Crippen LogP contribution in [0.2, 0.25) is 0 Å². The van der Waals surface area contributed by atoms with Gasteiger partial charge in [0.2, 0.25) is 5.91 Å². The molecule has 1 N–H and O–H groups in total. The van der Waals surface area contributed by atoms with Crippen molar-refractivity contribution in [2.45, 2.75) is 19.4 Å². The molecule has 1 heterocycles. The standard InChI is InChI=1S/C23H19F2N3O/c24-17-11-9-16(10-12-17)15-22-26-20-7-3-4-8-21(20)28(22)14-13-23(29)27-19-6-2-1-5-18(19)25/h1-12H,13-15H2,(H,27,29). The van der Waals surface area contributed by atoms with Crippen LogP contribution in [-0.4, -0.2) is 15.5 Å². The van der Waals surface area contributed by atoms with Gasteiger partial charge in [0.15, 0.2) is 0 Å². The topological polar surface area (TPSA) is 46.9 Å². The first-order valence-electron chi connectivity index (χ1n) is 9.33. The fraction of sp³-hybridized carbons (Fsp3) is 0.130. The van der Waals surface area contributed by atoms with E-state index in [1.54, 1.807) is 24.3 Å². The fourth-order valence-corrected chi connectivity index (χ4v) is 3.28. The van der Waals surface area contributed by atoms with Gasteiger partial charge in [-0.15, -0.1) is 0 Å². The smallest absolute Gasteiger partial charge is 0.226 e. The summed E-state index contributed by atoms with van der Waals surface area (Å²) in [4.78, 5) is 17.0. The summed E-state index contributed by atoms with van der Waals surface area (Å²) in [5.41, 5.74) is 2.85. The Balaban J connectivity index is 1.54. The van der Waals surface area contributed by atoms with Gasteiger partial charge in [-0.1, -0.05) is 36.4 Å². The average molecular weight is 391 g/mol. The van der Waals surface area contributed by atoms with E-state index in [4.69, 9.17) is 0 Å². The van der Waals surface area contributed by atoms with Gasteiger partial charge in [0.05, 0.1) is 16.7 Å². The highest BCUT2D eigenvalue weighted by Crippen LogP contribution is 2.20. The van der Waals surface area contributed by atoms with Crippen LogP contribution in [0, 0.1) is 11.6 Å². The molecule has 4 aromatic rings. The molecule has 146 valence electrons. The van der Waals surface area contributed by atoms with Crippen molar-refractivity contribution in [2.24, 2.45) is 0 Å². The highest BCUT2D eigenvalue weighted by molar-refractivity contribution is 5.90. The average Bonchev–Trinajstić information content (AvgIpc) is 3.07. The maximum absolute atomic E-state index is 13.8. The van der Waals surface area contributed by atoms with Gasteiger partial charge in [0, 0.05) is 19.4 Å². The van der Waals surface area contributed by atoms with Crippen molar-refractivity contribution in [1.29, 1.82) is 0 Å². The number of carbonyl (C=O) groups excluding carboxylic acids is 1. The summed E-state index contributed by atoms with van der Waals surface area (Å²) in [7, 11) is 0. The van der Waals surface area contributed by atoms with E-state index in [1.165, 1.54) is 24.3 Å². The van der Waals surface area contributed by atoms with E-state index in [0.29, 0.717) is 13.0 Å². The number of anilines is 1. The lowest BCUT2D eigenvalue weighted by Gasteiger charge is -2.10. The number of rotatable bonds is 6. The lowest BCUT2D eigenvalue weighted by molar-refractivity contribution is -0.116. The molecule has 29 heavy (non-hydrogen) atoms. The first kappa shape index (κ1) is 18.8. The number of nitrogens with one attached hydrogen (secondary N) is 1. The number of aryl methyl sites for hydroxylation is 1. The predicted octanol–water partition coefficient (Wildman–Crippen LogP) is 4.93. The maximum Gasteiger partial charge on any atom is 0.226 e. The van der Waals surface area contributed by atoms with Crippen molar-refractivity contribution < 1.29 is 13.6 Å². The van der Waals surface area contributed by atoms with Crippen LogP contribution >= 0.6 is 0 Å². The van der Waals surface area contributed by atoms with Crippen molar-refractivity contribution in [3.05, 3.63) is 95.8 Å².